The summed E-state index contributed by atoms with van der Waals surface area (Å²) in [6.45, 7) is 6.09. The molecule has 0 bridgehead atoms. The lowest BCUT2D eigenvalue weighted by Gasteiger charge is -2.15. The van der Waals surface area contributed by atoms with Crippen LogP contribution in [0.25, 0.3) is 10.9 Å². The molecule has 0 aliphatic rings. The Morgan fingerprint density at radius 3 is 2.71 bits per heavy atom. The maximum absolute atomic E-state index is 13.3. The summed E-state index contributed by atoms with van der Waals surface area (Å²) in [5, 5.41) is 4.99. The molecule has 3 rings (SSSR count). The Morgan fingerprint density at radius 1 is 1.26 bits per heavy atom. The Kier molecular flexibility index (Phi) is 9.06. The lowest BCUT2D eigenvalue weighted by atomic mass is 10.1. The Labute approximate surface area is 219 Å². The van der Waals surface area contributed by atoms with Gasteiger partial charge in [0.25, 0.3) is 5.56 Å². The Bertz CT molecular complexity index is 1290. The van der Waals surface area contributed by atoms with E-state index < -0.39 is 5.97 Å². The van der Waals surface area contributed by atoms with Gasteiger partial charge in [0, 0.05) is 10.4 Å². The summed E-state index contributed by atoms with van der Waals surface area (Å²) in [6.07, 6.45) is 2.40. The van der Waals surface area contributed by atoms with E-state index >= 15 is 0 Å². The van der Waals surface area contributed by atoms with Gasteiger partial charge < -0.3 is 14.2 Å². The number of carbonyl (C=O) groups excluding carboxylic acids is 1. The molecule has 1 aromatic heterocycles. The third-order valence-corrected chi connectivity index (χ3v) is 6.40. The minimum absolute atomic E-state index is 0.0334. The van der Waals surface area contributed by atoms with Crippen molar-refractivity contribution in [1.29, 1.82) is 0 Å². The van der Waals surface area contributed by atoms with Gasteiger partial charge in [0.2, 0.25) is 0 Å². The van der Waals surface area contributed by atoms with Crippen LogP contribution >= 0.6 is 38.5 Å². The van der Waals surface area contributed by atoms with Gasteiger partial charge in [-0.25, -0.2) is 9.78 Å². The molecule has 1 atom stereocenters. The first-order chi connectivity index (χ1) is 16.3. The highest BCUT2D eigenvalue weighted by molar-refractivity contribution is 14.1. The second-order valence-corrected chi connectivity index (χ2v) is 9.51. The number of benzene rings is 2. The minimum atomic E-state index is -0.490. The number of nitrogens with zero attached hydrogens (tertiary/aromatic N) is 3. The molecule has 0 spiro atoms. The van der Waals surface area contributed by atoms with Gasteiger partial charge >= 0.3 is 5.97 Å². The smallest absolute Gasteiger partial charge is 0.343 e. The third kappa shape index (κ3) is 5.96. The topological polar surface area (TPSA) is 92.0 Å². The van der Waals surface area contributed by atoms with Gasteiger partial charge in [-0.2, -0.15) is 9.78 Å². The van der Waals surface area contributed by atoms with Gasteiger partial charge in [-0.05, 0) is 71.8 Å². The maximum atomic E-state index is 13.3. The van der Waals surface area contributed by atoms with Gasteiger partial charge in [-0.3, -0.25) is 4.79 Å². The molecule has 2 aromatic carbocycles. The second kappa shape index (κ2) is 11.8. The van der Waals surface area contributed by atoms with Crippen molar-refractivity contribution in [2.45, 2.75) is 33.1 Å². The van der Waals surface area contributed by atoms with E-state index in [0.717, 1.165) is 14.5 Å². The number of fused-ring (bicyclic) bond motifs is 1. The molecule has 8 nitrogen and oxygen atoms in total. The molecular weight excluding hydrogens is 617 g/mol. The molecule has 0 aliphatic carbocycles. The van der Waals surface area contributed by atoms with Crippen LogP contribution in [0.2, 0.25) is 0 Å². The van der Waals surface area contributed by atoms with E-state index in [1.807, 2.05) is 39.0 Å². The number of hydrogen-bond acceptors (Lipinski definition) is 7. The Hall–Kier alpha value is -2.47. The van der Waals surface area contributed by atoms with E-state index in [1.54, 1.807) is 18.3 Å². The summed E-state index contributed by atoms with van der Waals surface area (Å²) < 4.78 is 18.9. The van der Waals surface area contributed by atoms with Gasteiger partial charge in [0.05, 0.1) is 34.4 Å². The van der Waals surface area contributed by atoms with E-state index in [0.29, 0.717) is 40.4 Å². The van der Waals surface area contributed by atoms with Crippen molar-refractivity contribution in [2.75, 3.05) is 20.3 Å². The third-order valence-electron chi connectivity index (χ3n) is 5.10. The number of ether oxygens (including phenoxy) is 3. The summed E-state index contributed by atoms with van der Waals surface area (Å²) in [6, 6.07) is 9.02. The lowest BCUT2D eigenvalue weighted by molar-refractivity contribution is -0.142. The van der Waals surface area contributed by atoms with Gasteiger partial charge in [-0.1, -0.05) is 29.8 Å². The molecule has 34 heavy (non-hydrogen) atoms. The zero-order chi connectivity index (χ0) is 24.8. The number of hydrogen-bond donors (Lipinski definition) is 0. The Morgan fingerprint density at radius 2 is 2.03 bits per heavy atom. The minimum Gasteiger partial charge on any atom is -0.490 e. The summed E-state index contributed by atoms with van der Waals surface area (Å²) in [5.74, 6) is 1.05. The molecule has 0 fully saturated rings. The number of aromatic nitrogens is 2. The van der Waals surface area contributed by atoms with Crippen LogP contribution in [-0.2, 0) is 9.53 Å². The Balaban J connectivity index is 2.07. The molecule has 0 saturated carbocycles. The molecule has 0 radical (unpaired) electrons. The highest BCUT2D eigenvalue weighted by Crippen LogP contribution is 2.34. The quantitative estimate of drug-likeness (QED) is 0.183. The van der Waals surface area contributed by atoms with Crippen molar-refractivity contribution in [3.8, 4) is 11.5 Å². The average molecular weight is 642 g/mol. The summed E-state index contributed by atoms with van der Waals surface area (Å²) in [7, 11) is 1.30. The fourth-order valence-electron chi connectivity index (χ4n) is 3.16. The average Bonchev–Trinajstić information content (AvgIpc) is 2.82. The molecule has 0 aliphatic heterocycles. The van der Waals surface area contributed by atoms with E-state index in [9.17, 15) is 9.59 Å². The van der Waals surface area contributed by atoms with Gasteiger partial charge in [0.15, 0.2) is 18.1 Å². The largest absolute Gasteiger partial charge is 0.490 e. The van der Waals surface area contributed by atoms with E-state index in [4.69, 9.17) is 14.5 Å². The molecule has 10 heteroatoms. The van der Waals surface area contributed by atoms with Crippen LogP contribution in [0, 0.1) is 3.57 Å². The fourth-order valence-corrected chi connectivity index (χ4v) is 4.30. The first-order valence-corrected chi connectivity index (χ1v) is 12.6. The number of halogens is 2. The molecule has 0 amide bonds. The standard InChI is InChI=1S/C24H25BrIN3O5/c1-5-14(3)23-28-19-8-7-16(25)11-17(19)24(31)29(23)27-12-15-9-18(26)22(20(10-15)33-6-2)34-13-21(30)32-4/h7-12,14H,5-6,13H2,1-4H3/t14-/m1/s1. The number of rotatable bonds is 9. The van der Waals surface area contributed by atoms with Crippen molar-refractivity contribution in [3.63, 3.8) is 0 Å². The molecule has 0 saturated heterocycles. The zero-order valence-electron chi connectivity index (χ0n) is 19.3. The predicted octanol–water partition coefficient (Wildman–Crippen LogP) is 5.11. The summed E-state index contributed by atoms with van der Waals surface area (Å²) in [5.41, 5.74) is 1.10. The van der Waals surface area contributed by atoms with Crippen LogP contribution in [0.15, 0.2) is 44.7 Å². The first kappa shape index (κ1) is 26.1. The van der Waals surface area contributed by atoms with Crippen molar-refractivity contribution in [3.05, 3.63) is 60.1 Å². The zero-order valence-corrected chi connectivity index (χ0v) is 23.0. The molecule has 0 N–H and O–H groups in total. The van der Waals surface area contributed by atoms with Gasteiger partial charge in [-0.15, -0.1) is 0 Å². The number of esters is 1. The number of carbonyl (C=O) groups is 1. The summed E-state index contributed by atoms with van der Waals surface area (Å²) >= 11 is 5.53. The van der Waals surface area contributed by atoms with Crippen LogP contribution in [0.4, 0.5) is 0 Å². The van der Waals surface area contributed by atoms with Crippen molar-refractivity contribution in [2.24, 2.45) is 5.10 Å². The first-order valence-electron chi connectivity index (χ1n) is 10.7. The van der Waals surface area contributed by atoms with Crippen LogP contribution in [0.3, 0.4) is 0 Å². The second-order valence-electron chi connectivity index (χ2n) is 7.43. The fraction of sp³-hybridized carbons (Fsp3) is 0.333. The van der Waals surface area contributed by atoms with Crippen molar-refractivity contribution in [1.82, 2.24) is 9.66 Å². The SMILES string of the molecule is CCOc1cc(C=Nn2c([C@H](C)CC)nc3ccc(Br)cc3c2=O)cc(I)c1OCC(=O)OC. The lowest BCUT2D eigenvalue weighted by Crippen LogP contribution is -2.23. The van der Waals surface area contributed by atoms with Crippen molar-refractivity contribution >= 4 is 61.6 Å². The van der Waals surface area contributed by atoms with Crippen LogP contribution in [-0.4, -0.2) is 42.2 Å². The highest BCUT2D eigenvalue weighted by Gasteiger charge is 2.17. The van der Waals surface area contributed by atoms with E-state index in [2.05, 4.69) is 48.4 Å². The summed E-state index contributed by atoms with van der Waals surface area (Å²) in [4.78, 5) is 29.5. The maximum Gasteiger partial charge on any atom is 0.343 e. The highest BCUT2D eigenvalue weighted by atomic mass is 127. The van der Waals surface area contributed by atoms with E-state index in [-0.39, 0.29) is 18.1 Å². The monoisotopic (exact) mass is 641 g/mol. The normalized spacial score (nSPS) is 12.2. The van der Waals surface area contributed by atoms with Crippen LogP contribution in [0.5, 0.6) is 11.5 Å². The molecule has 1 heterocycles. The predicted molar refractivity (Wildman–Crippen MR) is 143 cm³/mol. The number of methoxy groups -OCH3 is 1. The van der Waals surface area contributed by atoms with Crippen LogP contribution in [0.1, 0.15) is 44.5 Å². The van der Waals surface area contributed by atoms with Crippen molar-refractivity contribution < 1.29 is 19.0 Å². The molecule has 3 aromatic rings. The van der Waals surface area contributed by atoms with Gasteiger partial charge in [0.1, 0.15) is 5.82 Å². The molecule has 0 unspecified atom stereocenters. The molecule has 180 valence electrons. The van der Waals surface area contributed by atoms with Crippen LogP contribution < -0.4 is 15.0 Å². The van der Waals surface area contributed by atoms with E-state index in [1.165, 1.54) is 11.8 Å². The molecular formula is C24H25BrIN3O5.